The normalized spacial score (nSPS) is 10.7. The largest absolute Gasteiger partial charge is 0.479 e. The maximum absolute atomic E-state index is 12.6. The molecule has 0 bridgehead atoms. The van der Waals surface area contributed by atoms with Gasteiger partial charge in [0.1, 0.15) is 11.8 Å². The predicted molar refractivity (Wildman–Crippen MR) is 95.8 cm³/mol. The first-order chi connectivity index (χ1) is 12.3. The lowest BCUT2D eigenvalue weighted by molar-refractivity contribution is 0.0502. The molecule has 0 radical (unpaired) electrons. The number of hydrogen-bond acceptors (Lipinski definition) is 4. The van der Waals surface area contributed by atoms with Crippen LogP contribution in [0.2, 0.25) is 0 Å². The maximum atomic E-state index is 12.6. The Morgan fingerprint density at radius 1 is 1.20 bits per heavy atom. The third-order valence-electron chi connectivity index (χ3n) is 4.10. The molecule has 3 rings (SSSR count). The molecule has 0 aliphatic rings. The fourth-order valence-electron chi connectivity index (χ4n) is 2.93. The summed E-state index contributed by atoms with van der Waals surface area (Å²) in [6.07, 6.45) is 4.91. The Morgan fingerprint density at radius 2 is 2.08 bits per heavy atom. The van der Waals surface area contributed by atoms with Crippen molar-refractivity contribution in [3.8, 4) is 11.8 Å². The van der Waals surface area contributed by atoms with Gasteiger partial charge in [0.25, 0.3) is 0 Å². The highest BCUT2D eigenvalue weighted by Gasteiger charge is 2.19. The van der Waals surface area contributed by atoms with Gasteiger partial charge in [0.15, 0.2) is 6.61 Å². The Balaban J connectivity index is 2.01. The van der Waals surface area contributed by atoms with E-state index in [1.54, 1.807) is 6.07 Å². The Morgan fingerprint density at radius 3 is 2.88 bits per heavy atom. The molecule has 0 aliphatic heterocycles. The molecule has 0 N–H and O–H groups in total. The maximum Gasteiger partial charge on any atom is 0.340 e. The number of nitriles is 1. The number of ether oxygens (including phenoxy) is 2. The second-order valence-corrected chi connectivity index (χ2v) is 5.80. The van der Waals surface area contributed by atoms with Gasteiger partial charge in [-0.05, 0) is 30.7 Å². The molecule has 0 atom stereocenters. The molecule has 0 spiro atoms. The van der Waals surface area contributed by atoms with Crippen LogP contribution in [0.5, 0.6) is 5.75 Å². The van der Waals surface area contributed by atoms with Crippen molar-refractivity contribution in [2.45, 2.75) is 26.2 Å². The SMILES string of the molecule is CCCCCOC(=O)c1c2ccc(OCC#N)cc2n2ccccc12. The molecule has 0 unspecified atom stereocenters. The highest BCUT2D eigenvalue weighted by atomic mass is 16.5. The van der Waals surface area contributed by atoms with E-state index >= 15 is 0 Å². The van der Waals surface area contributed by atoms with E-state index in [0.29, 0.717) is 17.9 Å². The number of unbranched alkanes of at least 4 members (excludes halogenated alkanes) is 2. The van der Waals surface area contributed by atoms with Crippen LogP contribution in [0.3, 0.4) is 0 Å². The zero-order valence-corrected chi connectivity index (χ0v) is 14.2. The summed E-state index contributed by atoms with van der Waals surface area (Å²) < 4.78 is 12.8. The third kappa shape index (κ3) is 3.43. The number of aromatic nitrogens is 1. The minimum absolute atomic E-state index is 0.0128. The van der Waals surface area contributed by atoms with Crippen molar-refractivity contribution >= 4 is 22.4 Å². The van der Waals surface area contributed by atoms with Crippen LogP contribution in [0.25, 0.3) is 16.4 Å². The molecule has 2 heterocycles. The average molecular weight is 336 g/mol. The predicted octanol–water partition coefficient (Wildman–Crippen LogP) is 4.34. The number of esters is 1. The third-order valence-corrected chi connectivity index (χ3v) is 4.10. The number of carbonyl (C=O) groups is 1. The highest BCUT2D eigenvalue weighted by molar-refractivity contribution is 6.11. The average Bonchev–Trinajstić information content (AvgIpc) is 2.97. The zero-order valence-electron chi connectivity index (χ0n) is 14.2. The van der Waals surface area contributed by atoms with Gasteiger partial charge < -0.3 is 13.9 Å². The van der Waals surface area contributed by atoms with Gasteiger partial charge in [0.2, 0.25) is 0 Å². The van der Waals surface area contributed by atoms with Crippen LogP contribution in [-0.4, -0.2) is 23.6 Å². The Kier molecular flexibility index (Phi) is 5.20. The Labute approximate surface area is 146 Å². The van der Waals surface area contributed by atoms with Gasteiger partial charge in [-0.3, -0.25) is 0 Å². The van der Waals surface area contributed by atoms with Crippen LogP contribution in [0, 0.1) is 11.3 Å². The molecule has 2 aromatic heterocycles. The first kappa shape index (κ1) is 16.8. The van der Waals surface area contributed by atoms with Crippen LogP contribution in [0.4, 0.5) is 0 Å². The monoisotopic (exact) mass is 336 g/mol. The topological polar surface area (TPSA) is 63.7 Å². The van der Waals surface area contributed by atoms with E-state index in [9.17, 15) is 4.79 Å². The lowest BCUT2D eigenvalue weighted by atomic mass is 10.1. The van der Waals surface area contributed by atoms with Gasteiger partial charge in [0.05, 0.1) is 23.2 Å². The number of pyridine rings is 1. The van der Waals surface area contributed by atoms with Gasteiger partial charge in [-0.25, -0.2) is 4.79 Å². The van der Waals surface area contributed by atoms with E-state index in [1.807, 2.05) is 47.0 Å². The first-order valence-corrected chi connectivity index (χ1v) is 8.46. The fraction of sp³-hybridized carbons (Fsp3) is 0.300. The summed E-state index contributed by atoms with van der Waals surface area (Å²) in [6.45, 7) is 2.53. The van der Waals surface area contributed by atoms with E-state index < -0.39 is 0 Å². The first-order valence-electron chi connectivity index (χ1n) is 8.46. The molecule has 5 nitrogen and oxygen atoms in total. The standard InChI is InChI=1S/C20H20N2O3/c1-2-3-6-12-25-20(23)19-16-9-8-15(24-13-10-21)14-18(16)22-11-5-4-7-17(19)22/h4-5,7-9,11,14H,2-3,6,12-13H2,1H3. The fourth-order valence-corrected chi connectivity index (χ4v) is 2.93. The van der Waals surface area contributed by atoms with Crippen molar-refractivity contribution in [1.29, 1.82) is 5.26 Å². The molecule has 0 amide bonds. The van der Waals surface area contributed by atoms with Crippen LogP contribution in [-0.2, 0) is 4.74 Å². The summed E-state index contributed by atoms with van der Waals surface area (Å²) >= 11 is 0. The van der Waals surface area contributed by atoms with E-state index in [4.69, 9.17) is 14.7 Å². The quantitative estimate of drug-likeness (QED) is 0.475. The second kappa shape index (κ2) is 7.71. The second-order valence-electron chi connectivity index (χ2n) is 5.80. The van der Waals surface area contributed by atoms with Crippen molar-refractivity contribution in [2.24, 2.45) is 0 Å². The lowest BCUT2D eigenvalue weighted by Crippen LogP contribution is -2.06. The van der Waals surface area contributed by atoms with Gasteiger partial charge in [-0.1, -0.05) is 25.8 Å². The van der Waals surface area contributed by atoms with Crippen molar-refractivity contribution in [2.75, 3.05) is 13.2 Å². The number of benzene rings is 1. The van der Waals surface area contributed by atoms with Gasteiger partial charge in [-0.15, -0.1) is 0 Å². The number of hydrogen-bond donors (Lipinski definition) is 0. The minimum Gasteiger partial charge on any atom is -0.479 e. The molecule has 0 fully saturated rings. The van der Waals surface area contributed by atoms with Crippen molar-refractivity contribution < 1.29 is 14.3 Å². The number of carbonyl (C=O) groups excluding carboxylic acids is 1. The molecule has 0 saturated heterocycles. The molecule has 25 heavy (non-hydrogen) atoms. The molecule has 128 valence electrons. The lowest BCUT2D eigenvalue weighted by Gasteiger charge is -2.04. The number of rotatable bonds is 7. The molecule has 1 aromatic carbocycles. The molecular weight excluding hydrogens is 316 g/mol. The minimum atomic E-state index is -0.305. The van der Waals surface area contributed by atoms with Crippen molar-refractivity contribution in [1.82, 2.24) is 4.40 Å². The summed E-state index contributed by atoms with van der Waals surface area (Å²) in [5, 5.41) is 9.48. The van der Waals surface area contributed by atoms with E-state index in [-0.39, 0.29) is 12.6 Å². The summed E-state index contributed by atoms with van der Waals surface area (Å²) in [7, 11) is 0. The molecule has 0 aliphatic carbocycles. The summed E-state index contributed by atoms with van der Waals surface area (Å²) in [6, 6.07) is 13.1. The summed E-state index contributed by atoms with van der Waals surface area (Å²) in [4.78, 5) is 12.6. The Hall–Kier alpha value is -3.00. The van der Waals surface area contributed by atoms with Crippen molar-refractivity contribution in [3.63, 3.8) is 0 Å². The van der Waals surface area contributed by atoms with Crippen molar-refractivity contribution in [3.05, 3.63) is 48.2 Å². The zero-order chi connectivity index (χ0) is 17.6. The molecule has 3 aromatic rings. The highest BCUT2D eigenvalue weighted by Crippen LogP contribution is 2.30. The van der Waals surface area contributed by atoms with Gasteiger partial charge >= 0.3 is 5.97 Å². The van der Waals surface area contributed by atoms with Crippen LogP contribution in [0.1, 0.15) is 36.5 Å². The van der Waals surface area contributed by atoms with E-state index in [1.165, 1.54) is 0 Å². The van der Waals surface area contributed by atoms with E-state index in [2.05, 4.69) is 6.92 Å². The smallest absolute Gasteiger partial charge is 0.340 e. The summed E-state index contributed by atoms with van der Waals surface area (Å²) in [5.41, 5.74) is 2.22. The number of nitrogens with zero attached hydrogens (tertiary/aromatic N) is 2. The Bertz CT molecular complexity index is 937. The summed E-state index contributed by atoms with van der Waals surface area (Å²) in [5.74, 6) is 0.292. The van der Waals surface area contributed by atoms with Crippen LogP contribution in [0.15, 0.2) is 42.6 Å². The number of fused-ring (bicyclic) bond motifs is 3. The van der Waals surface area contributed by atoms with Crippen LogP contribution < -0.4 is 4.74 Å². The van der Waals surface area contributed by atoms with Crippen LogP contribution >= 0.6 is 0 Å². The van der Waals surface area contributed by atoms with E-state index in [0.717, 1.165) is 35.7 Å². The molecule has 0 saturated carbocycles. The molecule has 5 heteroatoms. The van der Waals surface area contributed by atoms with Gasteiger partial charge in [0, 0.05) is 17.6 Å². The van der Waals surface area contributed by atoms with Gasteiger partial charge in [-0.2, -0.15) is 5.26 Å². The molecular formula is C20H20N2O3.